The number of benzene rings is 1. The van der Waals surface area contributed by atoms with E-state index in [1.807, 2.05) is 76.4 Å². The first kappa shape index (κ1) is 29.2. The standard InChI is InChI=1S/C31H36N6O4S/c1-20-16-23(36(19-20)30(38)41-31(2,3)4)13-15-26-27(42(6,39)40)29(32-5)37-28(35-26)24(18-34-37)22-12-14-25(33-17-22)21-10-8-7-9-11-21/h7-12,14,17-19,23,32H,13,15-16H2,1-6H3. The van der Waals surface area contributed by atoms with Crippen LogP contribution in [0, 0.1) is 0 Å². The minimum atomic E-state index is -3.69. The maximum absolute atomic E-state index is 13.1. The molecule has 10 nitrogen and oxygen atoms in total. The molecule has 3 aromatic heterocycles. The van der Waals surface area contributed by atoms with Crippen LogP contribution >= 0.6 is 0 Å². The number of ether oxygens (including phenoxy) is 1. The smallest absolute Gasteiger partial charge is 0.414 e. The van der Waals surface area contributed by atoms with Crippen molar-refractivity contribution in [2.24, 2.45) is 0 Å². The molecule has 0 fully saturated rings. The molecule has 42 heavy (non-hydrogen) atoms. The van der Waals surface area contributed by atoms with Crippen molar-refractivity contribution in [2.45, 2.75) is 63.5 Å². The highest BCUT2D eigenvalue weighted by molar-refractivity contribution is 7.91. The number of fused-ring (bicyclic) bond motifs is 1. The largest absolute Gasteiger partial charge is 0.443 e. The molecule has 1 aromatic carbocycles. The number of sulfone groups is 1. The molecule has 1 unspecified atom stereocenters. The van der Waals surface area contributed by atoms with Crippen molar-refractivity contribution in [3.63, 3.8) is 0 Å². The normalized spacial score (nSPS) is 15.6. The summed E-state index contributed by atoms with van der Waals surface area (Å²) >= 11 is 0. The fourth-order valence-corrected chi connectivity index (χ4v) is 6.38. The number of hydrogen-bond acceptors (Lipinski definition) is 8. The van der Waals surface area contributed by atoms with Crippen LogP contribution in [0.3, 0.4) is 0 Å². The molecule has 1 aliphatic heterocycles. The van der Waals surface area contributed by atoms with E-state index in [0.717, 1.165) is 28.0 Å². The van der Waals surface area contributed by atoms with Crippen molar-refractivity contribution in [1.82, 2.24) is 24.5 Å². The van der Waals surface area contributed by atoms with E-state index in [-0.39, 0.29) is 10.9 Å². The molecule has 0 saturated heterocycles. The lowest BCUT2D eigenvalue weighted by Crippen LogP contribution is -2.38. The number of hydrogen-bond donors (Lipinski definition) is 1. The second-order valence-corrected chi connectivity index (χ2v) is 13.6. The van der Waals surface area contributed by atoms with Gasteiger partial charge in [0.15, 0.2) is 15.5 Å². The third kappa shape index (κ3) is 6.01. The highest BCUT2D eigenvalue weighted by Crippen LogP contribution is 2.33. The molecule has 1 N–H and O–H groups in total. The number of nitrogens with zero attached hydrogens (tertiary/aromatic N) is 5. The number of amides is 1. The summed E-state index contributed by atoms with van der Waals surface area (Å²) in [5, 5.41) is 7.54. The van der Waals surface area contributed by atoms with Crippen LogP contribution in [0.1, 0.15) is 46.2 Å². The van der Waals surface area contributed by atoms with Crippen LogP contribution in [-0.2, 0) is 21.0 Å². The van der Waals surface area contributed by atoms with Gasteiger partial charge in [-0.05, 0) is 53.0 Å². The zero-order valence-corrected chi connectivity index (χ0v) is 25.6. The van der Waals surface area contributed by atoms with Gasteiger partial charge in [0.05, 0.1) is 17.6 Å². The summed E-state index contributed by atoms with van der Waals surface area (Å²) in [5.41, 5.74) is 4.75. The summed E-state index contributed by atoms with van der Waals surface area (Å²) in [4.78, 5) is 24.2. The zero-order chi connectivity index (χ0) is 30.2. The SMILES string of the molecule is CNc1c(S(C)(=O)=O)c(CCC2CC(C)=CN2C(=O)OC(C)(C)C)nc2c(-c3ccc(-c4ccccc4)nc3)cnn12. The Labute approximate surface area is 246 Å². The molecule has 5 rings (SSSR count). The van der Waals surface area contributed by atoms with E-state index in [1.54, 1.807) is 24.3 Å². The highest BCUT2D eigenvalue weighted by atomic mass is 32.2. The topological polar surface area (TPSA) is 119 Å². The number of carbonyl (C=O) groups is 1. The molecule has 0 bridgehead atoms. The van der Waals surface area contributed by atoms with Gasteiger partial charge in [0.2, 0.25) is 0 Å². The summed E-state index contributed by atoms with van der Waals surface area (Å²) in [5.74, 6) is 0.336. The second-order valence-electron chi connectivity index (χ2n) is 11.6. The summed E-state index contributed by atoms with van der Waals surface area (Å²) < 4.78 is 33.3. The molecular weight excluding hydrogens is 552 g/mol. The predicted octanol–water partition coefficient (Wildman–Crippen LogP) is 5.75. The van der Waals surface area contributed by atoms with E-state index in [0.29, 0.717) is 36.4 Å². The molecule has 4 aromatic rings. The van der Waals surface area contributed by atoms with E-state index in [9.17, 15) is 13.2 Å². The molecule has 0 saturated carbocycles. The van der Waals surface area contributed by atoms with Crippen molar-refractivity contribution >= 4 is 27.4 Å². The molecule has 0 radical (unpaired) electrons. The van der Waals surface area contributed by atoms with Crippen molar-refractivity contribution in [3.05, 3.63) is 72.3 Å². The molecule has 1 amide bonds. The molecule has 0 aliphatic carbocycles. The van der Waals surface area contributed by atoms with Gasteiger partial charge < -0.3 is 10.1 Å². The molecule has 1 aliphatic rings. The Morgan fingerprint density at radius 3 is 2.45 bits per heavy atom. The highest BCUT2D eigenvalue weighted by Gasteiger charge is 2.32. The lowest BCUT2D eigenvalue weighted by Gasteiger charge is -2.28. The summed E-state index contributed by atoms with van der Waals surface area (Å²) in [6.45, 7) is 7.46. The van der Waals surface area contributed by atoms with Crippen molar-refractivity contribution < 1.29 is 17.9 Å². The van der Waals surface area contributed by atoms with Crippen LogP contribution in [0.15, 0.2) is 71.5 Å². The van der Waals surface area contributed by atoms with E-state index in [4.69, 9.17) is 9.72 Å². The lowest BCUT2D eigenvalue weighted by molar-refractivity contribution is 0.0282. The average Bonchev–Trinajstić information content (AvgIpc) is 3.53. The van der Waals surface area contributed by atoms with Crippen LogP contribution < -0.4 is 5.32 Å². The molecule has 220 valence electrons. The Hall–Kier alpha value is -4.25. The van der Waals surface area contributed by atoms with Crippen LogP contribution in [0.2, 0.25) is 0 Å². The Kier molecular flexibility index (Phi) is 7.80. The Morgan fingerprint density at radius 1 is 1.10 bits per heavy atom. The third-order valence-corrected chi connectivity index (χ3v) is 8.23. The Morgan fingerprint density at radius 2 is 1.83 bits per heavy atom. The fraction of sp³-hybridized carbons (Fsp3) is 0.355. The van der Waals surface area contributed by atoms with Gasteiger partial charge in [0.1, 0.15) is 16.3 Å². The first-order valence-corrected chi connectivity index (χ1v) is 15.7. The monoisotopic (exact) mass is 588 g/mol. The van der Waals surface area contributed by atoms with Gasteiger partial charge >= 0.3 is 6.09 Å². The Bertz CT molecular complexity index is 1760. The first-order chi connectivity index (χ1) is 19.9. The Balaban J connectivity index is 1.52. The lowest BCUT2D eigenvalue weighted by atomic mass is 10.0. The average molecular weight is 589 g/mol. The quantitative estimate of drug-likeness (QED) is 0.290. The van der Waals surface area contributed by atoms with E-state index < -0.39 is 21.5 Å². The number of aromatic nitrogens is 4. The van der Waals surface area contributed by atoms with Gasteiger partial charge in [-0.1, -0.05) is 42.0 Å². The maximum atomic E-state index is 13.1. The van der Waals surface area contributed by atoms with Crippen LogP contribution in [0.25, 0.3) is 28.0 Å². The van der Waals surface area contributed by atoms with Gasteiger partial charge in [0, 0.05) is 48.4 Å². The summed E-state index contributed by atoms with van der Waals surface area (Å²) in [6.07, 6.45) is 7.51. The van der Waals surface area contributed by atoms with E-state index in [1.165, 1.54) is 10.8 Å². The van der Waals surface area contributed by atoms with Gasteiger partial charge in [-0.2, -0.15) is 9.61 Å². The number of aryl methyl sites for hydroxylation is 1. The van der Waals surface area contributed by atoms with Gasteiger partial charge in [0.25, 0.3) is 0 Å². The summed E-state index contributed by atoms with van der Waals surface area (Å²) in [6, 6.07) is 13.6. The minimum absolute atomic E-state index is 0.0937. The molecule has 1 atom stereocenters. The second kappa shape index (κ2) is 11.2. The predicted molar refractivity (Wildman–Crippen MR) is 163 cm³/mol. The van der Waals surface area contributed by atoms with Crippen molar-refractivity contribution in [1.29, 1.82) is 0 Å². The maximum Gasteiger partial charge on any atom is 0.414 e. The number of pyridine rings is 1. The molecular formula is C31H36N6O4S. The number of rotatable bonds is 7. The molecule has 11 heteroatoms. The third-order valence-electron chi connectivity index (χ3n) is 7.05. The molecule has 0 spiro atoms. The van der Waals surface area contributed by atoms with Gasteiger partial charge in [-0.15, -0.1) is 0 Å². The number of carbonyl (C=O) groups excluding carboxylic acids is 1. The van der Waals surface area contributed by atoms with E-state index in [2.05, 4.69) is 15.4 Å². The minimum Gasteiger partial charge on any atom is -0.443 e. The summed E-state index contributed by atoms with van der Waals surface area (Å²) in [7, 11) is -2.02. The van der Waals surface area contributed by atoms with Crippen molar-refractivity contribution in [2.75, 3.05) is 18.6 Å². The molecule has 4 heterocycles. The first-order valence-electron chi connectivity index (χ1n) is 13.8. The van der Waals surface area contributed by atoms with Gasteiger partial charge in [-0.25, -0.2) is 18.2 Å². The van der Waals surface area contributed by atoms with Crippen LogP contribution in [0.5, 0.6) is 0 Å². The number of nitrogens with one attached hydrogen (secondary N) is 1. The van der Waals surface area contributed by atoms with Crippen LogP contribution in [-0.4, -0.2) is 63.9 Å². The van der Waals surface area contributed by atoms with E-state index >= 15 is 0 Å². The van der Waals surface area contributed by atoms with Crippen LogP contribution in [0.4, 0.5) is 10.6 Å². The number of anilines is 1. The van der Waals surface area contributed by atoms with Crippen molar-refractivity contribution in [3.8, 4) is 22.4 Å². The van der Waals surface area contributed by atoms with Gasteiger partial charge in [-0.3, -0.25) is 9.88 Å². The zero-order valence-electron chi connectivity index (χ0n) is 24.7. The fourth-order valence-electron chi connectivity index (χ4n) is 5.27.